The van der Waals surface area contributed by atoms with Crippen molar-refractivity contribution in [3.05, 3.63) is 0 Å². The highest BCUT2D eigenvalue weighted by Gasteiger charge is 2.38. The molecule has 12 heavy (non-hydrogen) atoms. The van der Waals surface area contributed by atoms with Crippen LogP contribution in [0.2, 0.25) is 0 Å². The van der Waals surface area contributed by atoms with Gasteiger partial charge in [0.15, 0.2) is 0 Å². The van der Waals surface area contributed by atoms with E-state index in [0.717, 1.165) is 24.4 Å². The second-order valence-electron chi connectivity index (χ2n) is 4.18. The van der Waals surface area contributed by atoms with E-state index in [1.807, 2.05) is 0 Å². The Hall–Kier alpha value is -0.0800. The van der Waals surface area contributed by atoms with Crippen molar-refractivity contribution in [2.24, 2.45) is 11.8 Å². The lowest BCUT2D eigenvalue weighted by atomic mass is 9.94. The van der Waals surface area contributed by atoms with E-state index in [-0.39, 0.29) is 0 Å². The molecular weight excluding hydrogens is 148 g/mol. The Morgan fingerprint density at radius 3 is 3.17 bits per heavy atom. The van der Waals surface area contributed by atoms with Crippen LogP contribution in [0.1, 0.15) is 26.2 Å². The molecule has 0 aromatic heterocycles. The molecule has 0 aromatic rings. The topological polar surface area (TPSA) is 24.1 Å². The third-order valence-electron chi connectivity index (χ3n) is 3.49. The molecule has 1 saturated carbocycles. The quantitative estimate of drug-likeness (QED) is 0.656. The Morgan fingerprint density at radius 1 is 1.42 bits per heavy atom. The van der Waals surface area contributed by atoms with Crippen LogP contribution in [0.4, 0.5) is 0 Å². The molecule has 70 valence electrons. The van der Waals surface area contributed by atoms with Gasteiger partial charge in [-0.05, 0) is 37.8 Å². The van der Waals surface area contributed by atoms with Crippen LogP contribution in [0.15, 0.2) is 0 Å². The van der Waals surface area contributed by atoms with E-state index >= 15 is 0 Å². The van der Waals surface area contributed by atoms with Gasteiger partial charge >= 0.3 is 0 Å². The van der Waals surface area contributed by atoms with E-state index in [1.54, 1.807) is 0 Å². The van der Waals surface area contributed by atoms with Gasteiger partial charge in [-0.2, -0.15) is 0 Å². The summed E-state index contributed by atoms with van der Waals surface area (Å²) in [4.78, 5) is 0. The molecule has 3 atom stereocenters. The molecule has 2 nitrogen and oxygen atoms in total. The van der Waals surface area contributed by atoms with Crippen molar-refractivity contribution in [1.29, 1.82) is 0 Å². The fourth-order valence-corrected chi connectivity index (χ4v) is 2.83. The van der Waals surface area contributed by atoms with Crippen molar-refractivity contribution < 1.29 is 0 Å². The normalized spacial score (nSPS) is 40.2. The maximum Gasteiger partial charge on any atom is 0.0223 e. The molecule has 1 aliphatic heterocycles. The standard InChI is InChI=1S/C10H20N2/c1-2-11-7-10-9-5-3-4-8(9)6-12-10/h8-12H,2-7H2,1H3. The van der Waals surface area contributed by atoms with Crippen molar-refractivity contribution in [3.63, 3.8) is 0 Å². The van der Waals surface area contributed by atoms with Crippen molar-refractivity contribution >= 4 is 0 Å². The summed E-state index contributed by atoms with van der Waals surface area (Å²) in [7, 11) is 0. The van der Waals surface area contributed by atoms with Crippen LogP contribution in [-0.4, -0.2) is 25.7 Å². The van der Waals surface area contributed by atoms with Crippen molar-refractivity contribution in [3.8, 4) is 0 Å². The first-order chi connectivity index (χ1) is 5.92. The van der Waals surface area contributed by atoms with E-state index in [2.05, 4.69) is 17.6 Å². The fraction of sp³-hybridized carbons (Fsp3) is 1.00. The zero-order valence-corrected chi connectivity index (χ0v) is 7.97. The molecular formula is C10H20N2. The Kier molecular flexibility index (Phi) is 2.66. The van der Waals surface area contributed by atoms with Gasteiger partial charge < -0.3 is 10.6 Å². The van der Waals surface area contributed by atoms with Crippen LogP contribution in [-0.2, 0) is 0 Å². The van der Waals surface area contributed by atoms with Gasteiger partial charge in [-0.25, -0.2) is 0 Å². The molecule has 0 amide bonds. The largest absolute Gasteiger partial charge is 0.315 e. The van der Waals surface area contributed by atoms with Crippen molar-refractivity contribution in [1.82, 2.24) is 10.6 Å². The maximum atomic E-state index is 3.63. The maximum absolute atomic E-state index is 3.63. The van der Waals surface area contributed by atoms with Crippen LogP contribution in [0.5, 0.6) is 0 Å². The van der Waals surface area contributed by atoms with Crippen LogP contribution in [0.3, 0.4) is 0 Å². The minimum absolute atomic E-state index is 0.775. The molecule has 1 saturated heterocycles. The number of likely N-dealkylation sites (N-methyl/N-ethyl adjacent to an activating group) is 1. The van der Waals surface area contributed by atoms with Crippen LogP contribution >= 0.6 is 0 Å². The summed E-state index contributed by atoms with van der Waals surface area (Å²) < 4.78 is 0. The third kappa shape index (κ3) is 1.50. The SMILES string of the molecule is CCNCC1NCC2CCCC21. The Bertz CT molecular complexity index is 147. The van der Waals surface area contributed by atoms with Gasteiger partial charge in [0.05, 0.1) is 0 Å². The summed E-state index contributed by atoms with van der Waals surface area (Å²) in [5, 5.41) is 7.07. The third-order valence-corrected chi connectivity index (χ3v) is 3.49. The van der Waals surface area contributed by atoms with Crippen molar-refractivity contribution in [2.45, 2.75) is 32.2 Å². The molecule has 0 radical (unpaired) electrons. The highest BCUT2D eigenvalue weighted by molar-refractivity contribution is 4.94. The van der Waals surface area contributed by atoms with Crippen LogP contribution in [0, 0.1) is 11.8 Å². The average Bonchev–Trinajstić information content (AvgIpc) is 2.62. The van der Waals surface area contributed by atoms with E-state index in [4.69, 9.17) is 0 Å². The molecule has 0 aromatic carbocycles. The lowest BCUT2D eigenvalue weighted by Gasteiger charge is -2.17. The van der Waals surface area contributed by atoms with E-state index in [1.165, 1.54) is 32.4 Å². The monoisotopic (exact) mass is 168 g/mol. The number of nitrogens with one attached hydrogen (secondary N) is 2. The van der Waals surface area contributed by atoms with Crippen LogP contribution < -0.4 is 10.6 Å². The molecule has 2 rings (SSSR count). The molecule has 3 unspecified atom stereocenters. The first-order valence-corrected chi connectivity index (χ1v) is 5.36. The summed E-state index contributed by atoms with van der Waals surface area (Å²) in [6, 6.07) is 0.775. The summed E-state index contributed by atoms with van der Waals surface area (Å²) >= 11 is 0. The molecule has 2 fully saturated rings. The molecule has 0 spiro atoms. The lowest BCUT2D eigenvalue weighted by molar-refractivity contribution is 0.396. The fourth-order valence-electron chi connectivity index (χ4n) is 2.83. The predicted molar refractivity (Wildman–Crippen MR) is 51.2 cm³/mol. The highest BCUT2D eigenvalue weighted by atomic mass is 15.0. The van der Waals surface area contributed by atoms with E-state index in [9.17, 15) is 0 Å². The molecule has 2 aliphatic rings. The van der Waals surface area contributed by atoms with Gasteiger partial charge in [0.1, 0.15) is 0 Å². The first-order valence-electron chi connectivity index (χ1n) is 5.36. The minimum atomic E-state index is 0.775. The minimum Gasteiger partial charge on any atom is -0.315 e. The number of rotatable bonds is 3. The van der Waals surface area contributed by atoms with Crippen LogP contribution in [0.25, 0.3) is 0 Å². The van der Waals surface area contributed by atoms with Gasteiger partial charge in [0, 0.05) is 12.6 Å². The van der Waals surface area contributed by atoms with E-state index in [0.29, 0.717) is 0 Å². The second-order valence-corrected chi connectivity index (χ2v) is 4.18. The molecule has 2 heteroatoms. The van der Waals surface area contributed by atoms with Gasteiger partial charge in [-0.15, -0.1) is 0 Å². The van der Waals surface area contributed by atoms with Crippen molar-refractivity contribution in [2.75, 3.05) is 19.6 Å². The Morgan fingerprint density at radius 2 is 2.33 bits per heavy atom. The summed E-state index contributed by atoms with van der Waals surface area (Å²) in [5.74, 6) is 2.00. The van der Waals surface area contributed by atoms with Gasteiger partial charge in [-0.1, -0.05) is 13.3 Å². The van der Waals surface area contributed by atoms with Gasteiger partial charge in [0.25, 0.3) is 0 Å². The molecule has 1 heterocycles. The molecule has 1 aliphatic carbocycles. The molecule has 0 bridgehead atoms. The van der Waals surface area contributed by atoms with E-state index < -0.39 is 0 Å². The lowest BCUT2D eigenvalue weighted by Crippen LogP contribution is -2.37. The summed E-state index contributed by atoms with van der Waals surface area (Å²) in [6.45, 7) is 5.75. The Labute approximate surface area is 75.1 Å². The summed E-state index contributed by atoms with van der Waals surface area (Å²) in [5.41, 5.74) is 0. The second kappa shape index (κ2) is 3.75. The smallest absolute Gasteiger partial charge is 0.0223 e. The Balaban J connectivity index is 1.83. The number of hydrogen-bond acceptors (Lipinski definition) is 2. The predicted octanol–water partition coefficient (Wildman–Crippen LogP) is 0.984. The summed E-state index contributed by atoms with van der Waals surface area (Å²) in [6.07, 6.45) is 4.41. The highest BCUT2D eigenvalue weighted by Crippen LogP contribution is 2.37. The molecule has 2 N–H and O–H groups in total. The van der Waals surface area contributed by atoms with Gasteiger partial charge in [-0.3, -0.25) is 0 Å². The van der Waals surface area contributed by atoms with Gasteiger partial charge in [0.2, 0.25) is 0 Å². The zero-order valence-electron chi connectivity index (χ0n) is 7.97. The zero-order chi connectivity index (χ0) is 8.39. The average molecular weight is 168 g/mol. The number of hydrogen-bond donors (Lipinski definition) is 2. The first kappa shape index (κ1) is 8.52. The number of fused-ring (bicyclic) bond motifs is 1.